The molecule has 0 aromatic carbocycles. The molecule has 2 amide bonds. The Morgan fingerprint density at radius 3 is 2.65 bits per heavy atom. The van der Waals surface area contributed by atoms with Crippen LogP contribution in [0.15, 0.2) is 18.5 Å². The standard InChI is InChI=1S/C16H21ClN4O2/c17-13-11-18-5-4-14(13)19-7-9-20(10-8-19)16(23)12-21-6-2-1-3-15(21)22/h4-5,11H,1-3,6-10,12H2. The Kier molecular flexibility index (Phi) is 5.00. The molecule has 0 spiro atoms. The number of amides is 2. The van der Waals surface area contributed by atoms with Crippen molar-refractivity contribution in [2.75, 3.05) is 44.2 Å². The van der Waals surface area contributed by atoms with Crippen LogP contribution in [0.2, 0.25) is 5.02 Å². The SMILES string of the molecule is O=C(CN1CCCCC1=O)N1CCN(c2ccncc2Cl)CC1. The minimum Gasteiger partial charge on any atom is -0.367 e. The van der Waals surface area contributed by atoms with Crippen molar-refractivity contribution in [2.45, 2.75) is 19.3 Å². The van der Waals surface area contributed by atoms with Gasteiger partial charge in [0.1, 0.15) is 0 Å². The summed E-state index contributed by atoms with van der Waals surface area (Å²) in [6.45, 7) is 3.71. The number of hydrogen-bond donors (Lipinski definition) is 0. The minimum atomic E-state index is 0.0423. The van der Waals surface area contributed by atoms with E-state index in [0.29, 0.717) is 31.1 Å². The van der Waals surface area contributed by atoms with Gasteiger partial charge < -0.3 is 14.7 Å². The van der Waals surface area contributed by atoms with E-state index in [4.69, 9.17) is 11.6 Å². The molecule has 124 valence electrons. The number of carbonyl (C=O) groups is 2. The number of piperazine rings is 1. The molecule has 2 aliphatic heterocycles. The van der Waals surface area contributed by atoms with Crippen LogP contribution in [0.3, 0.4) is 0 Å². The lowest BCUT2D eigenvalue weighted by Gasteiger charge is -2.37. The normalized spacial score (nSPS) is 19.2. The van der Waals surface area contributed by atoms with E-state index in [1.807, 2.05) is 11.0 Å². The first-order valence-electron chi connectivity index (χ1n) is 8.05. The zero-order valence-electron chi connectivity index (χ0n) is 13.1. The van der Waals surface area contributed by atoms with Gasteiger partial charge in [-0.1, -0.05) is 11.6 Å². The molecule has 2 saturated heterocycles. The van der Waals surface area contributed by atoms with Gasteiger partial charge in [-0.3, -0.25) is 14.6 Å². The van der Waals surface area contributed by atoms with E-state index >= 15 is 0 Å². The third-order valence-electron chi connectivity index (χ3n) is 4.47. The first-order chi connectivity index (χ1) is 11.1. The van der Waals surface area contributed by atoms with E-state index in [9.17, 15) is 9.59 Å². The number of carbonyl (C=O) groups excluding carboxylic acids is 2. The molecule has 0 atom stereocenters. The minimum absolute atomic E-state index is 0.0423. The van der Waals surface area contributed by atoms with Crippen LogP contribution in [0.25, 0.3) is 0 Å². The van der Waals surface area contributed by atoms with Crippen molar-refractivity contribution in [3.8, 4) is 0 Å². The summed E-state index contributed by atoms with van der Waals surface area (Å²) in [5.41, 5.74) is 0.958. The summed E-state index contributed by atoms with van der Waals surface area (Å²) < 4.78 is 0. The van der Waals surface area contributed by atoms with E-state index < -0.39 is 0 Å². The molecule has 7 heteroatoms. The molecule has 23 heavy (non-hydrogen) atoms. The number of piperidine rings is 1. The third-order valence-corrected chi connectivity index (χ3v) is 4.76. The number of rotatable bonds is 3. The van der Waals surface area contributed by atoms with Crippen LogP contribution in [0.4, 0.5) is 5.69 Å². The third kappa shape index (κ3) is 3.75. The molecule has 3 rings (SSSR count). The number of aromatic nitrogens is 1. The van der Waals surface area contributed by atoms with Crippen molar-refractivity contribution in [3.05, 3.63) is 23.5 Å². The molecule has 0 N–H and O–H groups in total. The molecular weight excluding hydrogens is 316 g/mol. The Hall–Kier alpha value is -1.82. The second-order valence-corrected chi connectivity index (χ2v) is 6.37. The van der Waals surface area contributed by atoms with Gasteiger partial charge in [0.15, 0.2) is 0 Å². The molecule has 0 saturated carbocycles. The summed E-state index contributed by atoms with van der Waals surface area (Å²) in [5.74, 6) is 0.146. The van der Waals surface area contributed by atoms with E-state index in [0.717, 1.165) is 31.6 Å². The van der Waals surface area contributed by atoms with E-state index in [1.165, 1.54) is 0 Å². The predicted octanol–water partition coefficient (Wildman–Crippen LogP) is 1.40. The van der Waals surface area contributed by atoms with Crippen molar-refractivity contribution in [3.63, 3.8) is 0 Å². The molecule has 1 aromatic heterocycles. The van der Waals surface area contributed by atoms with Crippen LogP contribution in [0, 0.1) is 0 Å². The maximum absolute atomic E-state index is 12.4. The molecule has 0 radical (unpaired) electrons. The molecule has 0 aliphatic carbocycles. The Balaban J connectivity index is 1.53. The van der Waals surface area contributed by atoms with Crippen LogP contribution in [0.1, 0.15) is 19.3 Å². The topological polar surface area (TPSA) is 56.8 Å². The zero-order chi connectivity index (χ0) is 16.2. The van der Waals surface area contributed by atoms with E-state index in [1.54, 1.807) is 17.3 Å². The highest BCUT2D eigenvalue weighted by atomic mass is 35.5. The molecule has 6 nitrogen and oxygen atoms in total. The molecule has 2 fully saturated rings. The Morgan fingerprint density at radius 1 is 1.17 bits per heavy atom. The predicted molar refractivity (Wildman–Crippen MR) is 88.5 cm³/mol. The van der Waals surface area contributed by atoms with Crippen molar-refractivity contribution >= 4 is 29.1 Å². The van der Waals surface area contributed by atoms with Crippen molar-refractivity contribution in [1.82, 2.24) is 14.8 Å². The lowest BCUT2D eigenvalue weighted by Crippen LogP contribution is -2.52. The number of pyridine rings is 1. The van der Waals surface area contributed by atoms with Gasteiger partial charge in [-0.2, -0.15) is 0 Å². The summed E-state index contributed by atoms with van der Waals surface area (Å²) in [4.78, 5) is 33.9. The molecular formula is C16H21ClN4O2. The summed E-state index contributed by atoms with van der Waals surface area (Å²) >= 11 is 6.17. The summed E-state index contributed by atoms with van der Waals surface area (Å²) in [5, 5.41) is 0.631. The van der Waals surface area contributed by atoms with Gasteiger partial charge >= 0.3 is 0 Å². The van der Waals surface area contributed by atoms with Crippen molar-refractivity contribution < 1.29 is 9.59 Å². The maximum atomic E-state index is 12.4. The summed E-state index contributed by atoms with van der Waals surface area (Å²) in [6, 6.07) is 1.90. The van der Waals surface area contributed by atoms with Gasteiger partial charge in [-0.15, -0.1) is 0 Å². The zero-order valence-corrected chi connectivity index (χ0v) is 13.8. The fourth-order valence-corrected chi connectivity index (χ4v) is 3.35. The van der Waals surface area contributed by atoms with Crippen LogP contribution in [-0.2, 0) is 9.59 Å². The van der Waals surface area contributed by atoms with Gasteiger partial charge in [-0.25, -0.2) is 0 Å². The highest BCUT2D eigenvalue weighted by Gasteiger charge is 2.26. The Bertz CT molecular complexity index is 587. The van der Waals surface area contributed by atoms with Crippen LogP contribution in [-0.4, -0.2) is 65.9 Å². The van der Waals surface area contributed by atoms with Gasteiger partial charge in [0.05, 0.1) is 17.3 Å². The lowest BCUT2D eigenvalue weighted by molar-refractivity contribution is -0.142. The Labute approximate surface area is 141 Å². The largest absolute Gasteiger partial charge is 0.367 e. The van der Waals surface area contributed by atoms with Crippen molar-refractivity contribution in [2.24, 2.45) is 0 Å². The maximum Gasteiger partial charge on any atom is 0.242 e. The number of anilines is 1. The average Bonchev–Trinajstić information content (AvgIpc) is 2.57. The van der Waals surface area contributed by atoms with Crippen molar-refractivity contribution in [1.29, 1.82) is 0 Å². The number of likely N-dealkylation sites (tertiary alicyclic amines) is 1. The molecule has 0 bridgehead atoms. The molecule has 2 aliphatic rings. The molecule has 0 unspecified atom stereocenters. The molecule has 3 heterocycles. The number of halogens is 1. The van der Waals surface area contributed by atoms with Gasteiger partial charge in [-0.05, 0) is 18.9 Å². The summed E-state index contributed by atoms with van der Waals surface area (Å²) in [7, 11) is 0. The highest BCUT2D eigenvalue weighted by Crippen LogP contribution is 2.25. The van der Waals surface area contributed by atoms with Crippen LogP contribution in [0.5, 0.6) is 0 Å². The second-order valence-electron chi connectivity index (χ2n) is 5.97. The Morgan fingerprint density at radius 2 is 1.96 bits per heavy atom. The fraction of sp³-hybridized carbons (Fsp3) is 0.562. The number of hydrogen-bond acceptors (Lipinski definition) is 4. The highest BCUT2D eigenvalue weighted by molar-refractivity contribution is 6.33. The van der Waals surface area contributed by atoms with E-state index in [-0.39, 0.29) is 18.4 Å². The van der Waals surface area contributed by atoms with Crippen LogP contribution < -0.4 is 4.90 Å². The van der Waals surface area contributed by atoms with Gasteiger partial charge in [0.2, 0.25) is 11.8 Å². The van der Waals surface area contributed by atoms with Gasteiger partial charge in [0.25, 0.3) is 0 Å². The average molecular weight is 337 g/mol. The van der Waals surface area contributed by atoms with Crippen LogP contribution >= 0.6 is 11.6 Å². The first-order valence-corrected chi connectivity index (χ1v) is 8.43. The second kappa shape index (κ2) is 7.17. The quantitative estimate of drug-likeness (QED) is 0.837. The van der Waals surface area contributed by atoms with Gasteiger partial charge in [0, 0.05) is 51.5 Å². The first kappa shape index (κ1) is 16.1. The monoisotopic (exact) mass is 336 g/mol. The van der Waals surface area contributed by atoms with E-state index in [2.05, 4.69) is 9.88 Å². The number of nitrogens with zero attached hydrogens (tertiary/aromatic N) is 4. The smallest absolute Gasteiger partial charge is 0.242 e. The fourth-order valence-electron chi connectivity index (χ4n) is 3.11. The lowest BCUT2D eigenvalue weighted by atomic mass is 10.1. The summed E-state index contributed by atoms with van der Waals surface area (Å²) in [6.07, 6.45) is 5.86. The molecule has 1 aromatic rings.